The van der Waals surface area contributed by atoms with Crippen LogP contribution in [0.2, 0.25) is 5.02 Å². The number of ether oxygens (including phenoxy) is 1. The molecule has 0 amide bonds. The fourth-order valence-electron chi connectivity index (χ4n) is 1.91. The maximum absolute atomic E-state index is 6.15. The Kier molecular flexibility index (Phi) is 3.89. The summed E-state index contributed by atoms with van der Waals surface area (Å²) >= 11 is 6.15. The fraction of sp³-hybridized carbons (Fsp3) is 0.308. The summed E-state index contributed by atoms with van der Waals surface area (Å²) in [5, 5.41) is 8.15. The number of hydrogen-bond acceptors (Lipinski definition) is 3. The molecule has 1 aromatic carbocycles. The number of nitrogens with one attached hydrogen (secondary N) is 1. The van der Waals surface area contributed by atoms with Crippen molar-refractivity contribution in [3.05, 3.63) is 35.1 Å². The molecule has 0 saturated carbocycles. The third-order valence-electron chi connectivity index (χ3n) is 2.71. The zero-order valence-electron chi connectivity index (χ0n) is 10.7. The van der Waals surface area contributed by atoms with E-state index in [0.29, 0.717) is 10.8 Å². The van der Waals surface area contributed by atoms with Crippen LogP contribution in [-0.4, -0.2) is 23.9 Å². The third-order valence-corrected chi connectivity index (χ3v) is 3.01. The minimum atomic E-state index is 0.606. The smallest absolute Gasteiger partial charge is 0.137 e. The molecule has 4 nitrogen and oxygen atoms in total. The van der Waals surface area contributed by atoms with Crippen LogP contribution in [0, 0.1) is 0 Å². The molecule has 0 radical (unpaired) electrons. The first kappa shape index (κ1) is 12.9. The normalized spacial score (nSPS) is 10.7. The van der Waals surface area contributed by atoms with Crippen molar-refractivity contribution in [2.24, 2.45) is 7.05 Å². The molecule has 18 heavy (non-hydrogen) atoms. The van der Waals surface area contributed by atoms with Gasteiger partial charge in [0.1, 0.15) is 5.75 Å². The molecule has 1 heterocycles. The average molecular weight is 266 g/mol. The maximum Gasteiger partial charge on any atom is 0.137 e. The lowest BCUT2D eigenvalue weighted by atomic mass is 10.1. The van der Waals surface area contributed by atoms with Crippen LogP contribution in [0.15, 0.2) is 24.4 Å². The summed E-state index contributed by atoms with van der Waals surface area (Å²) in [6.07, 6.45) is 1.99. The topological polar surface area (TPSA) is 39.1 Å². The Labute approximate surface area is 112 Å². The van der Waals surface area contributed by atoms with E-state index in [-0.39, 0.29) is 0 Å². The molecular weight excluding hydrogens is 250 g/mol. The molecule has 0 aliphatic carbocycles. The van der Waals surface area contributed by atoms with Gasteiger partial charge in [0.15, 0.2) is 0 Å². The Hall–Kier alpha value is -1.52. The molecule has 2 aromatic rings. The molecule has 0 unspecified atom stereocenters. The van der Waals surface area contributed by atoms with Crippen molar-refractivity contribution in [1.82, 2.24) is 15.1 Å². The first-order valence-electron chi connectivity index (χ1n) is 5.66. The van der Waals surface area contributed by atoms with E-state index >= 15 is 0 Å². The van der Waals surface area contributed by atoms with Crippen LogP contribution in [0.5, 0.6) is 5.75 Å². The Bertz CT molecular complexity index is 551. The van der Waals surface area contributed by atoms with E-state index in [1.54, 1.807) is 11.8 Å². The Morgan fingerprint density at radius 1 is 1.44 bits per heavy atom. The van der Waals surface area contributed by atoms with Crippen LogP contribution in [0.1, 0.15) is 5.69 Å². The van der Waals surface area contributed by atoms with Crippen molar-refractivity contribution >= 4 is 11.6 Å². The van der Waals surface area contributed by atoms with Crippen molar-refractivity contribution in [3.63, 3.8) is 0 Å². The van der Waals surface area contributed by atoms with Crippen molar-refractivity contribution in [1.29, 1.82) is 0 Å². The van der Waals surface area contributed by atoms with Crippen LogP contribution < -0.4 is 10.1 Å². The van der Waals surface area contributed by atoms with Gasteiger partial charge in [0.05, 0.1) is 17.8 Å². The summed E-state index contributed by atoms with van der Waals surface area (Å²) in [7, 11) is 5.42. The second-order valence-electron chi connectivity index (χ2n) is 4.04. The van der Waals surface area contributed by atoms with Crippen molar-refractivity contribution < 1.29 is 4.74 Å². The van der Waals surface area contributed by atoms with Crippen LogP contribution in [0.25, 0.3) is 11.1 Å². The van der Waals surface area contributed by atoms with Crippen LogP contribution >= 0.6 is 11.6 Å². The van der Waals surface area contributed by atoms with E-state index in [9.17, 15) is 0 Å². The highest BCUT2D eigenvalue weighted by molar-refractivity contribution is 6.32. The molecule has 0 spiro atoms. The first-order valence-corrected chi connectivity index (χ1v) is 6.04. The standard InChI is InChI=1S/C13H16ClN3O/c1-15-7-12-10(8-17(2)16-12)9-4-5-13(18-3)11(14)6-9/h4-6,8,15H,7H2,1-3H3. The number of hydrogen-bond donors (Lipinski definition) is 1. The van der Waals surface area contributed by atoms with E-state index in [4.69, 9.17) is 16.3 Å². The second kappa shape index (κ2) is 5.42. The minimum absolute atomic E-state index is 0.606. The molecule has 1 N–H and O–H groups in total. The van der Waals surface area contributed by atoms with Gasteiger partial charge >= 0.3 is 0 Å². The summed E-state index contributed by atoms with van der Waals surface area (Å²) in [5.74, 6) is 0.680. The number of rotatable bonds is 4. The average Bonchev–Trinajstić information content (AvgIpc) is 2.71. The number of aromatic nitrogens is 2. The SMILES string of the molecule is CNCc1nn(C)cc1-c1ccc(OC)c(Cl)c1. The fourth-order valence-corrected chi connectivity index (χ4v) is 2.17. The number of nitrogens with zero attached hydrogens (tertiary/aromatic N) is 2. The highest BCUT2D eigenvalue weighted by Crippen LogP contribution is 2.31. The zero-order chi connectivity index (χ0) is 13.1. The molecule has 96 valence electrons. The molecule has 0 saturated heterocycles. The summed E-state index contributed by atoms with van der Waals surface area (Å²) in [4.78, 5) is 0. The lowest BCUT2D eigenvalue weighted by molar-refractivity contribution is 0.415. The van der Waals surface area contributed by atoms with Crippen LogP contribution in [0.3, 0.4) is 0 Å². The molecule has 0 aliphatic heterocycles. The predicted octanol–water partition coefficient (Wildman–Crippen LogP) is 2.47. The van der Waals surface area contributed by atoms with Gasteiger partial charge in [-0.3, -0.25) is 4.68 Å². The molecule has 0 aliphatic rings. The van der Waals surface area contributed by atoms with Crippen molar-refractivity contribution in [3.8, 4) is 16.9 Å². The van der Waals surface area contributed by atoms with E-state index in [1.165, 1.54) is 0 Å². The maximum atomic E-state index is 6.15. The quantitative estimate of drug-likeness (QED) is 0.923. The monoisotopic (exact) mass is 265 g/mol. The Morgan fingerprint density at radius 3 is 2.83 bits per heavy atom. The highest BCUT2D eigenvalue weighted by atomic mass is 35.5. The highest BCUT2D eigenvalue weighted by Gasteiger charge is 2.11. The molecule has 5 heteroatoms. The van der Waals surface area contributed by atoms with Gasteiger partial charge in [0.2, 0.25) is 0 Å². The van der Waals surface area contributed by atoms with Crippen molar-refractivity contribution in [2.45, 2.75) is 6.54 Å². The molecular formula is C13H16ClN3O. The van der Waals surface area contributed by atoms with Gasteiger partial charge in [0, 0.05) is 25.4 Å². The van der Waals surface area contributed by atoms with Gasteiger partial charge in [0.25, 0.3) is 0 Å². The van der Waals surface area contributed by atoms with Gasteiger partial charge in [-0.2, -0.15) is 5.10 Å². The minimum Gasteiger partial charge on any atom is -0.495 e. The van der Waals surface area contributed by atoms with Gasteiger partial charge in [-0.15, -0.1) is 0 Å². The number of benzene rings is 1. The van der Waals surface area contributed by atoms with E-state index < -0.39 is 0 Å². The summed E-state index contributed by atoms with van der Waals surface area (Å²) in [5.41, 5.74) is 3.12. The lowest BCUT2D eigenvalue weighted by Crippen LogP contribution is -2.07. The van der Waals surface area contributed by atoms with Gasteiger partial charge in [-0.25, -0.2) is 0 Å². The number of methoxy groups -OCH3 is 1. The van der Waals surface area contributed by atoms with Crippen molar-refractivity contribution in [2.75, 3.05) is 14.2 Å². The second-order valence-corrected chi connectivity index (χ2v) is 4.45. The van der Waals surface area contributed by atoms with Crippen LogP contribution in [-0.2, 0) is 13.6 Å². The van der Waals surface area contributed by atoms with Gasteiger partial charge < -0.3 is 10.1 Å². The summed E-state index contributed by atoms with van der Waals surface area (Å²) < 4.78 is 6.96. The number of halogens is 1. The third kappa shape index (κ3) is 2.49. The largest absolute Gasteiger partial charge is 0.495 e. The Morgan fingerprint density at radius 2 is 2.22 bits per heavy atom. The zero-order valence-corrected chi connectivity index (χ0v) is 11.5. The molecule has 0 atom stereocenters. The Balaban J connectivity index is 2.44. The molecule has 2 rings (SSSR count). The van der Waals surface area contributed by atoms with Gasteiger partial charge in [-0.1, -0.05) is 17.7 Å². The predicted molar refractivity (Wildman–Crippen MR) is 73.0 cm³/mol. The van der Waals surface area contributed by atoms with Crippen LogP contribution in [0.4, 0.5) is 0 Å². The summed E-state index contributed by atoms with van der Waals surface area (Å²) in [6, 6.07) is 5.76. The van der Waals surface area contributed by atoms with E-state index in [2.05, 4.69) is 10.4 Å². The number of aryl methyl sites for hydroxylation is 1. The molecule has 0 fully saturated rings. The molecule has 0 bridgehead atoms. The van der Waals surface area contributed by atoms with Gasteiger partial charge in [-0.05, 0) is 24.7 Å². The lowest BCUT2D eigenvalue weighted by Gasteiger charge is -2.06. The van der Waals surface area contributed by atoms with E-state index in [1.807, 2.05) is 38.5 Å². The molecule has 1 aromatic heterocycles. The first-order chi connectivity index (χ1) is 8.65. The van der Waals surface area contributed by atoms with E-state index in [0.717, 1.165) is 23.4 Å². The summed E-state index contributed by atoms with van der Waals surface area (Å²) in [6.45, 7) is 0.722.